The molecule has 0 aromatic heterocycles. The average Bonchev–Trinajstić information content (AvgIpc) is 3.58. The molecule has 1 saturated carbocycles. The van der Waals surface area contributed by atoms with Crippen molar-refractivity contribution in [3.63, 3.8) is 0 Å². The van der Waals surface area contributed by atoms with E-state index in [0.717, 1.165) is 12.0 Å². The maximum Gasteiger partial charge on any atom is 0.586 e. The molecule has 4 rings (SSSR count). The molecule has 1 aromatic carbocycles. The summed E-state index contributed by atoms with van der Waals surface area (Å²) in [6.07, 6.45) is 8.93. The van der Waals surface area contributed by atoms with Gasteiger partial charge in [0, 0.05) is 6.04 Å². The SMILES string of the molecule is C=C/C=C\C(=C/C=C)[C@H]1C[C@@H](NC(=O)C2(c3ccc4c(c3)OC(F)(F)O4)CC2)C[C@@H](C(C)CC)O1. The molecule has 3 aliphatic rings. The molecule has 1 saturated heterocycles. The van der Waals surface area contributed by atoms with Crippen LogP contribution in [0.15, 0.2) is 67.3 Å². The Balaban J connectivity index is 1.52. The van der Waals surface area contributed by atoms with E-state index in [-0.39, 0.29) is 35.7 Å². The second-order valence-electron chi connectivity index (χ2n) is 9.60. The second kappa shape index (κ2) is 9.97. The van der Waals surface area contributed by atoms with Crippen LogP contribution in [0.2, 0.25) is 0 Å². The minimum atomic E-state index is -3.68. The van der Waals surface area contributed by atoms with E-state index in [9.17, 15) is 13.6 Å². The summed E-state index contributed by atoms with van der Waals surface area (Å²) in [6, 6.07) is 4.54. The lowest BCUT2D eigenvalue weighted by molar-refractivity contribution is -0.286. The summed E-state index contributed by atoms with van der Waals surface area (Å²) in [4.78, 5) is 13.5. The van der Waals surface area contributed by atoms with E-state index in [4.69, 9.17) is 4.74 Å². The average molecular weight is 486 g/mol. The summed E-state index contributed by atoms with van der Waals surface area (Å²) in [5.74, 6) is 0.180. The van der Waals surface area contributed by atoms with Crippen LogP contribution in [0.1, 0.15) is 51.5 Å². The van der Waals surface area contributed by atoms with Crippen LogP contribution in [0.3, 0.4) is 0 Å². The maximum absolute atomic E-state index is 13.5. The summed E-state index contributed by atoms with van der Waals surface area (Å²) >= 11 is 0. The van der Waals surface area contributed by atoms with Gasteiger partial charge in [-0.25, -0.2) is 0 Å². The lowest BCUT2D eigenvalue weighted by atomic mass is 9.87. The molecular formula is C28H33F2NO4. The molecule has 1 aromatic rings. The van der Waals surface area contributed by atoms with Crippen molar-refractivity contribution in [2.75, 3.05) is 0 Å². The number of rotatable bonds is 9. The van der Waals surface area contributed by atoms with Gasteiger partial charge in [-0.3, -0.25) is 4.79 Å². The second-order valence-corrected chi connectivity index (χ2v) is 9.60. The smallest absolute Gasteiger partial charge is 0.395 e. The van der Waals surface area contributed by atoms with Crippen molar-refractivity contribution in [1.82, 2.24) is 5.32 Å². The van der Waals surface area contributed by atoms with Crippen LogP contribution in [-0.4, -0.2) is 30.5 Å². The van der Waals surface area contributed by atoms with Gasteiger partial charge in [-0.1, -0.05) is 69.9 Å². The predicted octanol–water partition coefficient (Wildman–Crippen LogP) is 5.97. The van der Waals surface area contributed by atoms with Crippen LogP contribution < -0.4 is 14.8 Å². The van der Waals surface area contributed by atoms with Gasteiger partial charge in [-0.2, -0.15) is 0 Å². The number of alkyl halides is 2. The Morgan fingerprint density at radius 1 is 1.20 bits per heavy atom. The number of fused-ring (bicyclic) bond motifs is 1. The summed E-state index contributed by atoms with van der Waals surface area (Å²) in [5.41, 5.74) is 0.904. The fourth-order valence-electron chi connectivity index (χ4n) is 4.85. The van der Waals surface area contributed by atoms with Gasteiger partial charge in [-0.15, -0.1) is 8.78 Å². The Morgan fingerprint density at radius 3 is 2.60 bits per heavy atom. The zero-order chi connectivity index (χ0) is 25.2. The van der Waals surface area contributed by atoms with Crippen LogP contribution in [0, 0.1) is 5.92 Å². The molecule has 1 aliphatic carbocycles. The Hall–Kier alpha value is -2.93. The number of allylic oxidation sites excluding steroid dienone is 4. The van der Waals surface area contributed by atoms with Crippen molar-refractivity contribution < 1.29 is 27.8 Å². The fourth-order valence-corrected chi connectivity index (χ4v) is 4.85. The number of hydrogen-bond acceptors (Lipinski definition) is 4. The Kier molecular flexibility index (Phi) is 7.17. The van der Waals surface area contributed by atoms with E-state index >= 15 is 0 Å². The number of ether oxygens (including phenoxy) is 3. The minimum absolute atomic E-state index is 0.00248. The molecule has 2 heterocycles. The van der Waals surface area contributed by atoms with Gasteiger partial charge in [-0.05, 0) is 54.9 Å². The Morgan fingerprint density at radius 2 is 1.94 bits per heavy atom. The monoisotopic (exact) mass is 485 g/mol. The third-order valence-electron chi connectivity index (χ3n) is 7.21. The highest BCUT2D eigenvalue weighted by molar-refractivity contribution is 5.91. The molecular weight excluding hydrogens is 452 g/mol. The van der Waals surface area contributed by atoms with E-state index in [1.165, 1.54) is 12.1 Å². The minimum Gasteiger partial charge on any atom is -0.395 e. The van der Waals surface area contributed by atoms with Gasteiger partial charge in [0.2, 0.25) is 5.91 Å². The van der Waals surface area contributed by atoms with Gasteiger partial charge in [0.1, 0.15) is 0 Å². The molecule has 7 heteroatoms. The van der Waals surface area contributed by atoms with E-state index in [0.29, 0.717) is 37.2 Å². The van der Waals surface area contributed by atoms with E-state index < -0.39 is 11.7 Å². The van der Waals surface area contributed by atoms with Gasteiger partial charge in [0.25, 0.3) is 0 Å². The van der Waals surface area contributed by atoms with E-state index in [2.05, 4.69) is 41.8 Å². The van der Waals surface area contributed by atoms with Gasteiger partial charge >= 0.3 is 6.29 Å². The number of carbonyl (C=O) groups excluding carboxylic acids is 1. The first-order valence-corrected chi connectivity index (χ1v) is 12.2. The van der Waals surface area contributed by atoms with Crippen molar-refractivity contribution in [3.8, 4) is 11.5 Å². The van der Waals surface area contributed by atoms with Crippen molar-refractivity contribution in [2.45, 2.75) is 75.9 Å². The molecule has 188 valence electrons. The van der Waals surface area contributed by atoms with Crippen molar-refractivity contribution in [1.29, 1.82) is 0 Å². The molecule has 5 nitrogen and oxygen atoms in total. The number of hydrogen-bond donors (Lipinski definition) is 1. The molecule has 0 bridgehead atoms. The summed E-state index contributed by atoms with van der Waals surface area (Å²) < 4.78 is 42.5. The quantitative estimate of drug-likeness (QED) is 0.438. The normalized spacial score (nSPS) is 27.3. The van der Waals surface area contributed by atoms with Crippen LogP contribution in [0.25, 0.3) is 0 Å². The zero-order valence-electron chi connectivity index (χ0n) is 20.3. The lowest BCUT2D eigenvalue weighted by Gasteiger charge is -2.39. The lowest BCUT2D eigenvalue weighted by Crippen LogP contribution is -2.49. The first-order valence-electron chi connectivity index (χ1n) is 12.2. The molecule has 0 radical (unpaired) electrons. The molecule has 2 aliphatic heterocycles. The Bertz CT molecular complexity index is 1040. The summed E-state index contributed by atoms with van der Waals surface area (Å²) in [7, 11) is 0. The van der Waals surface area contributed by atoms with Crippen LogP contribution in [0.5, 0.6) is 11.5 Å². The van der Waals surface area contributed by atoms with E-state index in [1.54, 1.807) is 18.2 Å². The first kappa shape index (κ1) is 25.2. The first-order chi connectivity index (χ1) is 16.7. The molecule has 35 heavy (non-hydrogen) atoms. The van der Waals surface area contributed by atoms with E-state index in [1.807, 2.05) is 18.2 Å². The van der Waals surface area contributed by atoms with Crippen molar-refractivity contribution >= 4 is 5.91 Å². The third kappa shape index (κ3) is 5.35. The summed E-state index contributed by atoms with van der Waals surface area (Å²) in [6.45, 7) is 11.9. The molecule has 1 amide bonds. The topological polar surface area (TPSA) is 56.8 Å². The third-order valence-corrected chi connectivity index (χ3v) is 7.21. The highest BCUT2D eigenvalue weighted by atomic mass is 19.3. The number of nitrogens with one attached hydrogen (secondary N) is 1. The standard InChI is InChI=1S/C28H33F2NO4/c1-5-8-10-19(9-6-2)24-17-21(16-23(33-24)18(4)7-3)31-26(32)27(13-14-27)20-11-12-22-25(15-20)35-28(29,30)34-22/h5-6,8-12,15,18,21,23-24H,1-2,7,13-14,16-17H2,3-4H3,(H,31,32)/b10-8-,19-9+/t18?,21-,23-,24+/m0/s1. The number of halogens is 2. The van der Waals surface area contributed by atoms with Crippen LogP contribution in [-0.2, 0) is 14.9 Å². The highest BCUT2D eigenvalue weighted by Gasteiger charge is 2.53. The number of carbonyl (C=O) groups is 1. The van der Waals surface area contributed by atoms with Gasteiger partial charge < -0.3 is 19.5 Å². The largest absolute Gasteiger partial charge is 0.586 e. The zero-order valence-corrected chi connectivity index (χ0v) is 20.3. The van der Waals surface area contributed by atoms with Crippen LogP contribution in [0.4, 0.5) is 8.78 Å². The van der Waals surface area contributed by atoms with Crippen molar-refractivity contribution in [3.05, 3.63) is 72.9 Å². The molecule has 1 N–H and O–H groups in total. The number of benzene rings is 1. The number of amides is 1. The fraction of sp³-hybridized carbons (Fsp3) is 0.464. The van der Waals surface area contributed by atoms with Crippen LogP contribution >= 0.6 is 0 Å². The van der Waals surface area contributed by atoms with Gasteiger partial charge in [0.15, 0.2) is 11.5 Å². The predicted molar refractivity (Wildman–Crippen MR) is 130 cm³/mol. The molecule has 4 atom stereocenters. The Labute approximate surface area is 205 Å². The highest BCUT2D eigenvalue weighted by Crippen LogP contribution is 2.52. The molecule has 1 unspecified atom stereocenters. The van der Waals surface area contributed by atoms with Crippen molar-refractivity contribution in [2.24, 2.45) is 5.92 Å². The molecule has 0 spiro atoms. The summed E-state index contributed by atoms with van der Waals surface area (Å²) in [5, 5.41) is 3.26. The molecule has 2 fully saturated rings. The maximum atomic E-state index is 13.5. The van der Waals surface area contributed by atoms with Gasteiger partial charge in [0.05, 0.1) is 17.6 Å².